The second-order valence-corrected chi connectivity index (χ2v) is 21.5. The van der Waals surface area contributed by atoms with Crippen molar-refractivity contribution < 1.29 is 28.6 Å². The maximum Gasteiger partial charge on any atom is 0.306 e. The van der Waals surface area contributed by atoms with Crippen LogP contribution in [0.1, 0.15) is 324 Å². The molecule has 65 heavy (non-hydrogen) atoms. The van der Waals surface area contributed by atoms with Crippen LogP contribution in [0, 0.1) is 17.8 Å². The molecule has 0 aromatic carbocycles. The van der Waals surface area contributed by atoms with E-state index in [1.54, 1.807) is 0 Å². The van der Waals surface area contributed by atoms with Gasteiger partial charge in [0.1, 0.15) is 13.2 Å². The first-order valence-corrected chi connectivity index (χ1v) is 29.1. The quantitative estimate of drug-likeness (QED) is 0.0344. The number of unbranched alkanes of at least 4 members (excludes halogenated alkanes) is 34. The summed E-state index contributed by atoms with van der Waals surface area (Å²) >= 11 is 0. The van der Waals surface area contributed by atoms with Crippen LogP contribution < -0.4 is 0 Å². The second-order valence-electron chi connectivity index (χ2n) is 21.5. The molecule has 0 aliphatic carbocycles. The predicted octanol–water partition coefficient (Wildman–Crippen LogP) is 19.1. The standard InChI is InChI=1S/C59H114O6/c1-7-55(6)47-41-35-29-23-16-14-12-10-8-9-11-13-15-17-24-30-36-42-48-57(60)63-51-56(65-59(62)50-44-38-32-26-20-22-28-34-40-46-54(4)5)52-64-58(61)49-43-37-31-25-19-18-21-27-33-39-45-53(2)3/h53-56H,7-52H2,1-6H3/t55?,56-/m0/s1. The topological polar surface area (TPSA) is 78.9 Å². The minimum atomic E-state index is -0.764. The van der Waals surface area contributed by atoms with E-state index >= 15 is 0 Å². The van der Waals surface area contributed by atoms with Crippen molar-refractivity contribution >= 4 is 17.9 Å². The van der Waals surface area contributed by atoms with E-state index in [0.29, 0.717) is 19.3 Å². The van der Waals surface area contributed by atoms with Crippen LogP contribution in [0.3, 0.4) is 0 Å². The molecule has 0 saturated heterocycles. The fraction of sp³-hybridized carbons (Fsp3) is 0.949. The Hall–Kier alpha value is -1.59. The molecular formula is C59H114O6. The van der Waals surface area contributed by atoms with Crippen molar-refractivity contribution in [2.45, 2.75) is 330 Å². The first kappa shape index (κ1) is 63.4. The molecule has 0 aromatic heterocycles. The molecule has 0 saturated carbocycles. The van der Waals surface area contributed by atoms with Crippen molar-refractivity contribution in [3.05, 3.63) is 0 Å². The Labute approximate surface area is 406 Å². The molecule has 0 aliphatic heterocycles. The van der Waals surface area contributed by atoms with Crippen LogP contribution in [0.25, 0.3) is 0 Å². The van der Waals surface area contributed by atoms with E-state index in [1.165, 1.54) is 205 Å². The van der Waals surface area contributed by atoms with E-state index in [-0.39, 0.29) is 31.1 Å². The number of hydrogen-bond acceptors (Lipinski definition) is 6. The summed E-state index contributed by atoms with van der Waals surface area (Å²) in [4.78, 5) is 38.1. The van der Waals surface area contributed by atoms with Crippen LogP contribution >= 0.6 is 0 Å². The molecule has 386 valence electrons. The van der Waals surface area contributed by atoms with Crippen LogP contribution in [0.15, 0.2) is 0 Å². The van der Waals surface area contributed by atoms with Gasteiger partial charge in [-0.1, -0.05) is 286 Å². The van der Waals surface area contributed by atoms with Gasteiger partial charge in [0.2, 0.25) is 0 Å². The highest BCUT2D eigenvalue weighted by atomic mass is 16.6. The fourth-order valence-corrected chi connectivity index (χ4v) is 8.97. The van der Waals surface area contributed by atoms with Crippen molar-refractivity contribution in [1.29, 1.82) is 0 Å². The monoisotopic (exact) mass is 919 g/mol. The van der Waals surface area contributed by atoms with E-state index < -0.39 is 6.10 Å². The van der Waals surface area contributed by atoms with E-state index in [2.05, 4.69) is 41.5 Å². The lowest BCUT2D eigenvalue weighted by atomic mass is 9.99. The highest BCUT2D eigenvalue weighted by molar-refractivity contribution is 5.71. The summed E-state index contributed by atoms with van der Waals surface area (Å²) in [5.74, 6) is 1.69. The lowest BCUT2D eigenvalue weighted by molar-refractivity contribution is -0.167. The van der Waals surface area contributed by atoms with Crippen molar-refractivity contribution in [1.82, 2.24) is 0 Å². The molecule has 0 amide bonds. The Morgan fingerprint density at radius 1 is 0.308 bits per heavy atom. The third-order valence-electron chi connectivity index (χ3n) is 13.8. The van der Waals surface area contributed by atoms with Crippen LogP contribution in [0.4, 0.5) is 0 Å². The summed E-state index contributed by atoms with van der Waals surface area (Å²) < 4.78 is 16.9. The summed E-state index contributed by atoms with van der Waals surface area (Å²) in [6.07, 6.45) is 52.4. The van der Waals surface area contributed by atoms with Gasteiger partial charge in [0.25, 0.3) is 0 Å². The third kappa shape index (κ3) is 51.6. The summed E-state index contributed by atoms with van der Waals surface area (Å²) in [5.41, 5.74) is 0. The van der Waals surface area contributed by atoms with Crippen LogP contribution in [-0.4, -0.2) is 37.2 Å². The molecule has 0 rings (SSSR count). The number of carbonyl (C=O) groups excluding carboxylic acids is 3. The molecule has 0 radical (unpaired) electrons. The van der Waals surface area contributed by atoms with Crippen LogP contribution in [0.5, 0.6) is 0 Å². The molecule has 0 heterocycles. The number of rotatable bonds is 52. The number of ether oxygens (including phenoxy) is 3. The van der Waals surface area contributed by atoms with Crippen LogP contribution in [-0.2, 0) is 28.6 Å². The van der Waals surface area contributed by atoms with Crippen LogP contribution in [0.2, 0.25) is 0 Å². The van der Waals surface area contributed by atoms with Crippen molar-refractivity contribution in [2.24, 2.45) is 17.8 Å². The van der Waals surface area contributed by atoms with E-state index in [1.807, 2.05) is 0 Å². The molecule has 0 bridgehead atoms. The predicted molar refractivity (Wildman–Crippen MR) is 279 cm³/mol. The third-order valence-corrected chi connectivity index (χ3v) is 13.8. The summed E-state index contributed by atoms with van der Waals surface area (Å²) in [5, 5.41) is 0. The van der Waals surface area contributed by atoms with Gasteiger partial charge < -0.3 is 14.2 Å². The van der Waals surface area contributed by atoms with E-state index in [4.69, 9.17) is 14.2 Å². The van der Waals surface area contributed by atoms with Gasteiger partial charge >= 0.3 is 17.9 Å². The Morgan fingerprint density at radius 2 is 0.538 bits per heavy atom. The van der Waals surface area contributed by atoms with Crippen molar-refractivity contribution in [2.75, 3.05) is 13.2 Å². The van der Waals surface area contributed by atoms with Gasteiger partial charge in [-0.3, -0.25) is 14.4 Å². The molecule has 0 fully saturated rings. The summed E-state index contributed by atoms with van der Waals surface area (Å²) in [6, 6.07) is 0. The zero-order valence-corrected chi connectivity index (χ0v) is 44.8. The summed E-state index contributed by atoms with van der Waals surface area (Å²) in [7, 11) is 0. The molecular weight excluding hydrogens is 805 g/mol. The Morgan fingerprint density at radius 3 is 0.800 bits per heavy atom. The van der Waals surface area contributed by atoms with E-state index in [0.717, 1.165) is 75.5 Å². The van der Waals surface area contributed by atoms with Gasteiger partial charge in [-0.2, -0.15) is 0 Å². The molecule has 1 unspecified atom stereocenters. The Balaban J connectivity index is 4.21. The second kappa shape index (κ2) is 50.3. The minimum Gasteiger partial charge on any atom is -0.462 e. The molecule has 0 aliphatic rings. The van der Waals surface area contributed by atoms with Gasteiger partial charge in [0.15, 0.2) is 6.10 Å². The lowest BCUT2D eigenvalue weighted by Gasteiger charge is -2.18. The fourth-order valence-electron chi connectivity index (χ4n) is 8.97. The van der Waals surface area contributed by atoms with Crippen molar-refractivity contribution in [3.63, 3.8) is 0 Å². The van der Waals surface area contributed by atoms with Gasteiger partial charge in [-0.25, -0.2) is 0 Å². The maximum atomic E-state index is 12.8. The smallest absolute Gasteiger partial charge is 0.306 e. The summed E-state index contributed by atoms with van der Waals surface area (Å²) in [6.45, 7) is 13.8. The van der Waals surface area contributed by atoms with Gasteiger partial charge in [-0.05, 0) is 37.0 Å². The van der Waals surface area contributed by atoms with Gasteiger partial charge in [0.05, 0.1) is 0 Å². The first-order chi connectivity index (χ1) is 31.6. The molecule has 0 spiro atoms. The zero-order chi connectivity index (χ0) is 47.7. The maximum absolute atomic E-state index is 12.8. The highest BCUT2D eigenvalue weighted by Gasteiger charge is 2.19. The molecule has 6 nitrogen and oxygen atoms in total. The largest absolute Gasteiger partial charge is 0.462 e. The van der Waals surface area contributed by atoms with Gasteiger partial charge in [0, 0.05) is 19.3 Å². The van der Waals surface area contributed by atoms with E-state index in [9.17, 15) is 14.4 Å². The minimum absolute atomic E-state index is 0.0640. The number of esters is 3. The molecule has 6 heteroatoms. The average molecular weight is 920 g/mol. The Bertz CT molecular complexity index is 1010. The molecule has 2 atom stereocenters. The Kier molecular flexibility index (Phi) is 49.1. The average Bonchev–Trinajstić information content (AvgIpc) is 3.28. The first-order valence-electron chi connectivity index (χ1n) is 29.1. The molecule has 0 N–H and O–H groups in total. The SMILES string of the molecule is CCC(C)CCCCCCCCCCCCCCCCCCCCC(=O)OC[C@@H](COC(=O)CCCCCCCCCCCCC(C)C)OC(=O)CCCCCCCCCCCC(C)C. The van der Waals surface area contributed by atoms with Crippen molar-refractivity contribution in [3.8, 4) is 0 Å². The van der Waals surface area contributed by atoms with Gasteiger partial charge in [-0.15, -0.1) is 0 Å². The normalized spacial score (nSPS) is 12.6. The zero-order valence-electron chi connectivity index (χ0n) is 44.8. The number of hydrogen-bond donors (Lipinski definition) is 0. The lowest BCUT2D eigenvalue weighted by Crippen LogP contribution is -2.30. The molecule has 0 aromatic rings. The highest BCUT2D eigenvalue weighted by Crippen LogP contribution is 2.19. The number of carbonyl (C=O) groups is 3.